The van der Waals surface area contributed by atoms with Crippen molar-refractivity contribution in [2.24, 2.45) is 106 Å². The minimum Gasteiger partial charge on any atom is -0.481 e. The molecule has 4 nitrogen and oxygen atoms in total. The molecule has 0 atom stereocenters. The third-order valence-corrected chi connectivity index (χ3v) is 14.5. The first-order chi connectivity index (χ1) is 43.4. The molecule has 1 rings (SSSR count). The highest BCUT2D eigenvalue weighted by molar-refractivity contribution is 5.73. The molecule has 0 saturated carbocycles. The van der Waals surface area contributed by atoms with E-state index in [9.17, 15) is 9.59 Å². The first-order valence-corrected chi connectivity index (χ1v) is 40.9. The summed E-state index contributed by atoms with van der Waals surface area (Å²) in [5.74, 6) is 12.3. The van der Waals surface area contributed by atoms with Crippen LogP contribution in [0.15, 0.2) is 30.3 Å². The maximum atomic E-state index is 10.1. The van der Waals surface area contributed by atoms with Gasteiger partial charge in [-0.2, -0.15) is 0 Å². The van der Waals surface area contributed by atoms with Crippen LogP contribution < -0.4 is 5.73 Å². The maximum absolute atomic E-state index is 10.1. The van der Waals surface area contributed by atoms with Crippen LogP contribution in [-0.2, 0) is 16.0 Å². The zero-order valence-electron chi connectivity index (χ0n) is 75.2. The summed E-state index contributed by atoms with van der Waals surface area (Å²) in [5, 5.41) is 8.16. The molecule has 0 aliphatic carbocycles. The van der Waals surface area contributed by atoms with Crippen molar-refractivity contribution < 1.29 is 14.7 Å². The van der Waals surface area contributed by atoms with E-state index in [1.54, 1.807) is 0 Å². The molecule has 0 radical (unpaired) electrons. The van der Waals surface area contributed by atoms with Gasteiger partial charge in [-0.25, -0.2) is 0 Å². The lowest BCUT2D eigenvalue weighted by Gasteiger charge is -2.22. The van der Waals surface area contributed by atoms with Crippen LogP contribution in [0.3, 0.4) is 0 Å². The second-order valence-electron chi connectivity index (χ2n) is 34.9. The number of rotatable bonds is 28. The molecule has 0 aliphatic heterocycles. The molecule has 0 unspecified atom stereocenters. The largest absolute Gasteiger partial charge is 0.481 e. The number of benzene rings is 1. The molecule has 0 saturated heterocycles. The van der Waals surface area contributed by atoms with Gasteiger partial charge in [0, 0.05) is 12.8 Å². The molecule has 4 heteroatoms. The molecule has 0 bridgehead atoms. The fraction of sp³-hybridized carbons (Fsp3) is 0.934. The first-order valence-electron chi connectivity index (χ1n) is 40.9. The molecule has 0 spiro atoms. The predicted octanol–water partition coefficient (Wildman–Crippen LogP) is 52.6. The maximum Gasteiger partial charge on any atom is 0.303 e. The normalized spacial score (nSPS) is 7.83. The van der Waals surface area contributed by atoms with Crippen LogP contribution in [-0.4, -0.2) is 17.0 Å². The summed E-state index contributed by atoms with van der Waals surface area (Å²) in [7, 11) is 0. The predicted molar refractivity (Wildman–Crippen MR) is 659 cm³/mol. The number of unbranched alkanes of at least 4 members (excludes halogenated alkanes) is 4. The summed E-state index contributed by atoms with van der Waals surface area (Å²) < 4.78 is 0. The monoisotopic (exact) mass is 1850 g/mol. The van der Waals surface area contributed by atoms with E-state index in [1.165, 1.54) is 128 Å². The van der Waals surface area contributed by atoms with Crippen molar-refractivity contribution in [2.75, 3.05) is 0 Å². The summed E-state index contributed by atoms with van der Waals surface area (Å²) in [6, 6.07) is 10.6. The standard InChI is InChI=1S/C10H14.C8H18.4C7H16.C6H13NO.C6H12O2.4C6H14.C5H12.C4H10.31CH4/c1-9(2)8-10-6-4-3-5-7-10;1-4-5-6-7-8(2)3;1-6(2)7(3,4)5;1-6(2)5-7(3)4;2*1-4-5-6-7(2)3;2*1-5(2)3-4-6(7)8;1-5(2)6(3)4;3*1-4-5-6(2)3;1-4-5(2)3;1-4(2)3;;;;;;;;;;;;;;;;;;;;;;;;;;;;;;;/h3-7,9H,8H2,1-2H3;8H,4-7H2,1-3H3;6H,1-5H3;6-7H,5H2,1-4H3;2*7H,4-6H2,1-3H3;5H,3-4H2,1-2H3,(H2,7,8);5H,3-4H2,1-2H3,(H,7,8);5-6H,1-4H3;3*6H,4-5H2,1-3H3;5H,4H2,1-3H3;4H,1-3H3;31*1H4. The number of carboxylic acid groups (broad SMARTS) is 1. The molecule has 0 heterocycles. The van der Waals surface area contributed by atoms with Gasteiger partial charge in [-0.05, 0) is 131 Å². The molecule has 1 aromatic rings. The van der Waals surface area contributed by atoms with Gasteiger partial charge in [0.1, 0.15) is 0 Å². The second kappa shape index (κ2) is 231. The van der Waals surface area contributed by atoms with Gasteiger partial charge in [-0.15, -0.1) is 0 Å². The van der Waals surface area contributed by atoms with Crippen LogP contribution in [0.2, 0.25) is 0 Å². The van der Waals surface area contributed by atoms with Crippen LogP contribution in [0.1, 0.15) is 675 Å². The number of carboxylic acids is 1. The molecular formula is C122H323NO3. The molecule has 0 aliphatic rings. The SMILES string of the molecule is C.C.C.C.C.C.C.C.C.C.C.C.C.C.C.C.C.C.C.C.C.C.C.C.C.C.C.C.C.C.C.CC(C)C.CC(C)C(C)(C)C.CC(C)C(C)C.CC(C)CC(C)C.CC(C)CCC(=O)O.CC(C)CCC(N)=O.CC(C)Cc1ccccc1.CCC(C)C.CCCC(C)C.CCCC(C)C.CCCC(C)C.CCCCC(C)C.CCCCC(C)C.CCCCCC(C)C. The number of hydrogen-bond donors (Lipinski definition) is 2. The van der Waals surface area contributed by atoms with E-state index in [4.69, 9.17) is 10.8 Å². The van der Waals surface area contributed by atoms with Crippen molar-refractivity contribution in [3.63, 3.8) is 0 Å². The Bertz CT molecular complexity index is 1330. The van der Waals surface area contributed by atoms with E-state index in [-0.39, 0.29) is 236 Å². The van der Waals surface area contributed by atoms with E-state index in [2.05, 4.69) is 314 Å². The van der Waals surface area contributed by atoms with Crippen molar-refractivity contribution in [3.8, 4) is 0 Å². The van der Waals surface area contributed by atoms with Crippen molar-refractivity contribution in [3.05, 3.63) is 35.9 Å². The lowest BCUT2D eigenvalue weighted by atomic mass is 9.84. The van der Waals surface area contributed by atoms with Gasteiger partial charge in [0.05, 0.1) is 0 Å². The van der Waals surface area contributed by atoms with E-state index in [0.717, 1.165) is 95.7 Å². The Morgan fingerprint density at radius 1 is 0.270 bits per heavy atom. The summed E-state index contributed by atoms with van der Waals surface area (Å²) in [4.78, 5) is 20.0. The molecule has 834 valence electrons. The molecule has 3 N–H and O–H groups in total. The third-order valence-electron chi connectivity index (χ3n) is 14.5. The van der Waals surface area contributed by atoms with Gasteiger partial charge in [-0.1, -0.05) is 667 Å². The molecule has 126 heavy (non-hydrogen) atoms. The number of aliphatic carboxylic acids is 1. The number of carbonyl (C=O) groups is 2. The van der Waals surface area contributed by atoms with Crippen molar-refractivity contribution >= 4 is 11.9 Å². The minimum atomic E-state index is -0.696. The highest BCUT2D eigenvalue weighted by Gasteiger charge is 2.14. The zero-order chi connectivity index (χ0) is 78.3. The Morgan fingerprint density at radius 2 is 0.460 bits per heavy atom. The summed E-state index contributed by atoms with van der Waals surface area (Å²) >= 11 is 0. The fourth-order valence-corrected chi connectivity index (χ4v) is 6.63. The van der Waals surface area contributed by atoms with Gasteiger partial charge in [-0.3, -0.25) is 9.59 Å². The van der Waals surface area contributed by atoms with Crippen LogP contribution in [0.5, 0.6) is 0 Å². The topological polar surface area (TPSA) is 80.4 Å². The average Bonchev–Trinajstić information content (AvgIpc) is 0.961. The van der Waals surface area contributed by atoms with Gasteiger partial charge >= 0.3 is 5.97 Å². The molecule has 0 fully saturated rings. The van der Waals surface area contributed by atoms with E-state index < -0.39 is 5.97 Å². The number of amides is 1. The van der Waals surface area contributed by atoms with Crippen LogP contribution in [0.4, 0.5) is 0 Å². The van der Waals surface area contributed by atoms with E-state index in [0.29, 0.717) is 30.1 Å². The zero-order valence-corrected chi connectivity index (χ0v) is 75.2. The summed E-state index contributed by atoms with van der Waals surface area (Å²) in [6.45, 7) is 95.7. The lowest BCUT2D eigenvalue weighted by molar-refractivity contribution is -0.137. The Morgan fingerprint density at radius 3 is 0.548 bits per heavy atom. The number of carbonyl (C=O) groups excluding carboxylic acids is 1. The molecule has 1 aromatic carbocycles. The first kappa shape index (κ1) is 293. The highest BCUT2D eigenvalue weighted by Crippen LogP contribution is 2.23. The number of primary amides is 1. The molecule has 0 aromatic heterocycles. The van der Waals surface area contributed by atoms with Gasteiger partial charge in [0.25, 0.3) is 0 Å². The Hall–Kier alpha value is -1.84. The van der Waals surface area contributed by atoms with Crippen molar-refractivity contribution in [2.45, 2.75) is 676 Å². The van der Waals surface area contributed by atoms with Gasteiger partial charge in [0.2, 0.25) is 5.91 Å². The third kappa shape index (κ3) is 530. The lowest BCUT2D eigenvalue weighted by Crippen LogP contribution is -2.12. The second-order valence-corrected chi connectivity index (χ2v) is 34.9. The molecule has 1 amide bonds. The Labute approximate surface area is 838 Å². The van der Waals surface area contributed by atoms with Crippen LogP contribution in [0.25, 0.3) is 0 Å². The molecular weight excluding hydrogens is 1530 g/mol. The quantitative estimate of drug-likeness (QED) is 0.0821. The summed E-state index contributed by atoms with van der Waals surface area (Å²) in [6.07, 6.45) is 28.4. The van der Waals surface area contributed by atoms with E-state index >= 15 is 0 Å². The number of nitrogens with two attached hydrogens (primary N) is 1. The smallest absolute Gasteiger partial charge is 0.303 e. The fourth-order valence-electron chi connectivity index (χ4n) is 6.63. The van der Waals surface area contributed by atoms with Crippen LogP contribution >= 0.6 is 0 Å². The Kier molecular flexibility index (Phi) is 538. The highest BCUT2D eigenvalue weighted by atomic mass is 16.4. The van der Waals surface area contributed by atoms with Crippen molar-refractivity contribution in [1.29, 1.82) is 0 Å². The van der Waals surface area contributed by atoms with E-state index in [1.807, 2.05) is 13.8 Å². The average molecular weight is 1850 g/mol. The summed E-state index contributed by atoms with van der Waals surface area (Å²) in [5.41, 5.74) is 6.84. The Balaban J connectivity index is -0.0000000135. The van der Waals surface area contributed by atoms with Gasteiger partial charge < -0.3 is 10.8 Å². The number of hydrogen-bond acceptors (Lipinski definition) is 2. The van der Waals surface area contributed by atoms with Crippen molar-refractivity contribution in [1.82, 2.24) is 0 Å². The van der Waals surface area contributed by atoms with Gasteiger partial charge in [0.15, 0.2) is 0 Å². The van der Waals surface area contributed by atoms with Crippen LogP contribution in [0, 0.1) is 100 Å². The minimum absolute atomic E-state index is 0.